The zero-order chi connectivity index (χ0) is 23.4. The van der Waals surface area contributed by atoms with Crippen LogP contribution in [0.3, 0.4) is 0 Å². The topological polar surface area (TPSA) is 55.8 Å². The van der Waals surface area contributed by atoms with Crippen molar-refractivity contribution in [3.63, 3.8) is 0 Å². The highest BCUT2D eigenvalue weighted by atomic mass is 19.1. The van der Waals surface area contributed by atoms with Crippen LogP contribution in [-0.2, 0) is 0 Å². The van der Waals surface area contributed by atoms with Gasteiger partial charge < -0.3 is 20.2 Å². The third kappa shape index (κ3) is 6.75. The number of β-amino-alcohol motifs (C(OH)–C–C–N with tert-alkyl or cyclic N) is 1. The molecule has 2 heterocycles. The number of aliphatic hydroxyl groups is 1. The molecule has 2 N–H and O–H groups in total. The number of rotatable bonds is 7. The van der Waals surface area contributed by atoms with Gasteiger partial charge in [-0.05, 0) is 88.4 Å². The van der Waals surface area contributed by atoms with Crippen LogP contribution in [0.15, 0.2) is 42.5 Å². The molecular formula is C27H38FN3O2. The molecular weight excluding hydrogens is 417 g/mol. The normalized spacial score (nSPS) is 24.8. The number of hydrogen-bond donors (Lipinski definition) is 2. The molecule has 6 heteroatoms. The Balaban J connectivity index is 1.21. The van der Waals surface area contributed by atoms with Crippen LogP contribution in [-0.4, -0.2) is 77.9 Å². The lowest BCUT2D eigenvalue weighted by atomic mass is 9.94. The summed E-state index contributed by atoms with van der Waals surface area (Å²) >= 11 is 0. The van der Waals surface area contributed by atoms with Gasteiger partial charge in [0, 0.05) is 31.2 Å². The second kappa shape index (κ2) is 10.5. The Bertz CT molecular complexity index is 866. The lowest BCUT2D eigenvalue weighted by Crippen LogP contribution is -2.43. The van der Waals surface area contributed by atoms with Crippen molar-refractivity contribution in [2.24, 2.45) is 5.92 Å². The van der Waals surface area contributed by atoms with Gasteiger partial charge in [0.25, 0.3) is 5.91 Å². The summed E-state index contributed by atoms with van der Waals surface area (Å²) in [5.74, 6) is 0.652. The number of benzene rings is 1. The first kappa shape index (κ1) is 24.1. The Morgan fingerprint density at radius 2 is 1.88 bits per heavy atom. The summed E-state index contributed by atoms with van der Waals surface area (Å²) in [6.45, 7) is 7.88. The summed E-state index contributed by atoms with van der Waals surface area (Å²) in [5, 5.41) is 13.4. The molecule has 1 aromatic rings. The number of likely N-dealkylation sites (tertiary alicyclic amines) is 2. The van der Waals surface area contributed by atoms with Gasteiger partial charge in [0.1, 0.15) is 5.67 Å². The smallest absolute Gasteiger partial charge is 0.253 e. The molecule has 1 aliphatic carbocycles. The van der Waals surface area contributed by atoms with Crippen molar-refractivity contribution >= 4 is 11.5 Å². The fourth-order valence-electron chi connectivity index (χ4n) is 5.10. The van der Waals surface area contributed by atoms with E-state index in [-0.39, 0.29) is 5.91 Å². The summed E-state index contributed by atoms with van der Waals surface area (Å²) < 4.78 is 13.9. The summed E-state index contributed by atoms with van der Waals surface area (Å²) in [6, 6.07) is 8.14. The van der Waals surface area contributed by atoms with E-state index in [1.54, 1.807) is 18.7 Å². The largest absolute Gasteiger partial charge is 0.391 e. The zero-order valence-electron chi connectivity index (χ0n) is 20.0. The number of allylic oxidation sites excluding steroid dienone is 2. The van der Waals surface area contributed by atoms with Crippen LogP contribution < -0.4 is 5.32 Å². The van der Waals surface area contributed by atoms with E-state index in [0.29, 0.717) is 43.6 Å². The second-order valence-corrected chi connectivity index (χ2v) is 10.5. The van der Waals surface area contributed by atoms with Gasteiger partial charge in [0.05, 0.1) is 6.10 Å². The van der Waals surface area contributed by atoms with Gasteiger partial charge in [-0.15, -0.1) is 0 Å². The van der Waals surface area contributed by atoms with Crippen LogP contribution in [0.5, 0.6) is 0 Å². The number of carbonyl (C=O) groups excluding carboxylic acids is 1. The minimum atomic E-state index is -1.12. The molecule has 0 saturated carbocycles. The van der Waals surface area contributed by atoms with Crippen molar-refractivity contribution in [1.29, 1.82) is 0 Å². The molecule has 5 nitrogen and oxygen atoms in total. The minimum absolute atomic E-state index is 0.00484. The molecule has 2 fully saturated rings. The Morgan fingerprint density at radius 3 is 2.45 bits per heavy atom. The van der Waals surface area contributed by atoms with Crippen molar-refractivity contribution in [2.75, 3.05) is 39.3 Å². The van der Waals surface area contributed by atoms with Crippen LogP contribution in [0.1, 0.15) is 55.5 Å². The fourth-order valence-corrected chi connectivity index (χ4v) is 5.10. The van der Waals surface area contributed by atoms with Gasteiger partial charge >= 0.3 is 0 Å². The summed E-state index contributed by atoms with van der Waals surface area (Å²) in [7, 11) is 0. The minimum Gasteiger partial charge on any atom is -0.391 e. The molecule has 0 aromatic heterocycles. The highest BCUT2D eigenvalue weighted by molar-refractivity contribution is 5.95. The molecule has 0 radical (unpaired) electrons. The molecule has 0 spiro atoms. The van der Waals surface area contributed by atoms with Crippen LogP contribution in [0.2, 0.25) is 0 Å². The number of piperidine rings is 1. The molecule has 2 saturated heterocycles. The van der Waals surface area contributed by atoms with Crippen LogP contribution in [0.4, 0.5) is 4.39 Å². The fraction of sp³-hybridized carbons (Fsp3) is 0.593. The summed E-state index contributed by atoms with van der Waals surface area (Å²) in [5.41, 5.74) is 1.86. The third-order valence-corrected chi connectivity index (χ3v) is 6.99. The summed E-state index contributed by atoms with van der Waals surface area (Å²) in [6.07, 6.45) is 10.1. The maximum absolute atomic E-state index is 13.9. The molecule has 3 aliphatic rings. The molecule has 180 valence electrons. The van der Waals surface area contributed by atoms with Gasteiger partial charge in [-0.25, -0.2) is 4.39 Å². The predicted molar refractivity (Wildman–Crippen MR) is 131 cm³/mol. The quantitative estimate of drug-likeness (QED) is 0.659. The lowest BCUT2D eigenvalue weighted by molar-refractivity contribution is 0.0765. The molecule has 1 amide bonds. The number of alkyl halides is 1. The molecule has 1 unspecified atom stereocenters. The van der Waals surface area contributed by atoms with Crippen molar-refractivity contribution in [3.8, 4) is 0 Å². The summed E-state index contributed by atoms with van der Waals surface area (Å²) in [4.78, 5) is 16.5. The van der Waals surface area contributed by atoms with E-state index >= 15 is 0 Å². The molecule has 0 bridgehead atoms. The van der Waals surface area contributed by atoms with E-state index in [9.17, 15) is 14.3 Å². The molecule has 4 rings (SSSR count). The number of nitrogens with one attached hydrogen (secondary N) is 1. The van der Waals surface area contributed by atoms with Crippen molar-refractivity contribution < 1.29 is 14.3 Å². The first-order valence-electron chi connectivity index (χ1n) is 12.4. The van der Waals surface area contributed by atoms with E-state index < -0.39 is 11.8 Å². The van der Waals surface area contributed by atoms with Gasteiger partial charge in [-0.1, -0.05) is 30.4 Å². The number of carbonyl (C=O) groups is 1. The SMILES string of the molecule is CC(C)(F)CN1CCC(CNC2C=CC(c3ccc(C(=O)N4CC[C@H](O)C4)cc3)=CC2)CC1. The second-order valence-electron chi connectivity index (χ2n) is 10.5. The zero-order valence-corrected chi connectivity index (χ0v) is 20.0. The standard InChI is InChI=1S/C27H38FN3O2/c1-27(2,28)19-30-14-11-20(12-15-30)17-29-24-9-7-22(8-10-24)21-3-5-23(6-4-21)26(33)31-16-13-25(32)18-31/h3-9,20,24-25,29,32H,10-19H2,1-2H3/t24?,25-/m0/s1. The van der Waals surface area contributed by atoms with E-state index in [1.165, 1.54) is 5.57 Å². The monoisotopic (exact) mass is 455 g/mol. The predicted octanol–water partition coefficient (Wildman–Crippen LogP) is 3.66. The van der Waals surface area contributed by atoms with Crippen molar-refractivity contribution in [2.45, 2.75) is 57.3 Å². The van der Waals surface area contributed by atoms with Crippen LogP contribution in [0.25, 0.3) is 5.57 Å². The Hall–Kier alpha value is -2.02. The molecule has 33 heavy (non-hydrogen) atoms. The van der Waals surface area contributed by atoms with Gasteiger partial charge in [-0.2, -0.15) is 0 Å². The maximum Gasteiger partial charge on any atom is 0.253 e. The Kier molecular flexibility index (Phi) is 7.67. The van der Waals surface area contributed by atoms with Crippen molar-refractivity contribution in [1.82, 2.24) is 15.1 Å². The Morgan fingerprint density at radius 1 is 1.15 bits per heavy atom. The lowest BCUT2D eigenvalue weighted by Gasteiger charge is -2.35. The first-order chi connectivity index (χ1) is 15.8. The number of halogens is 1. The van der Waals surface area contributed by atoms with Gasteiger partial charge in [-0.3, -0.25) is 4.79 Å². The van der Waals surface area contributed by atoms with Crippen LogP contribution >= 0.6 is 0 Å². The number of amides is 1. The highest BCUT2D eigenvalue weighted by Gasteiger charge is 2.26. The number of aliphatic hydroxyl groups excluding tert-OH is 1. The van der Waals surface area contributed by atoms with E-state index in [0.717, 1.165) is 44.5 Å². The highest BCUT2D eigenvalue weighted by Crippen LogP contribution is 2.24. The molecule has 1 aromatic carbocycles. The van der Waals surface area contributed by atoms with E-state index in [1.807, 2.05) is 24.3 Å². The first-order valence-corrected chi connectivity index (χ1v) is 12.4. The Labute approximate surface area is 197 Å². The molecule has 2 atom stereocenters. The van der Waals surface area contributed by atoms with Gasteiger partial charge in [0.2, 0.25) is 0 Å². The number of hydrogen-bond acceptors (Lipinski definition) is 4. The van der Waals surface area contributed by atoms with Gasteiger partial charge in [0.15, 0.2) is 0 Å². The van der Waals surface area contributed by atoms with Crippen LogP contribution in [0, 0.1) is 5.92 Å². The maximum atomic E-state index is 13.9. The number of nitrogens with zero attached hydrogens (tertiary/aromatic N) is 2. The van der Waals surface area contributed by atoms with Crippen molar-refractivity contribution in [3.05, 3.63) is 53.6 Å². The van der Waals surface area contributed by atoms with E-state index in [2.05, 4.69) is 28.4 Å². The van der Waals surface area contributed by atoms with E-state index in [4.69, 9.17) is 0 Å². The average molecular weight is 456 g/mol. The average Bonchev–Trinajstić information content (AvgIpc) is 3.24. The molecule has 2 aliphatic heterocycles. The third-order valence-electron chi connectivity index (χ3n) is 6.99.